The number of amides is 1. The number of phenolic OH excluding ortho intramolecular Hbond substituents is 1. The van der Waals surface area contributed by atoms with Gasteiger partial charge in [0.2, 0.25) is 0 Å². The second-order valence-electron chi connectivity index (χ2n) is 7.77. The Labute approximate surface area is 174 Å². The molecule has 1 aliphatic heterocycles. The quantitative estimate of drug-likeness (QED) is 0.448. The van der Waals surface area contributed by atoms with Gasteiger partial charge in [0.1, 0.15) is 23.4 Å². The van der Waals surface area contributed by atoms with Gasteiger partial charge in [0.25, 0.3) is 5.91 Å². The number of nitrogens with one attached hydrogen (secondary N) is 1. The first-order valence-corrected chi connectivity index (χ1v) is 9.45. The van der Waals surface area contributed by atoms with Gasteiger partial charge in [0.05, 0.1) is 30.2 Å². The maximum atomic E-state index is 11.6. The number of hydrogen-bond acceptors (Lipinski definition) is 7. The molecule has 0 bridgehead atoms. The number of rotatable bonds is 8. The molecule has 0 fully saturated rings. The van der Waals surface area contributed by atoms with E-state index in [2.05, 4.69) is 10.6 Å². The van der Waals surface area contributed by atoms with Gasteiger partial charge in [0.15, 0.2) is 6.61 Å². The van der Waals surface area contributed by atoms with Gasteiger partial charge in [0, 0.05) is 11.6 Å². The van der Waals surface area contributed by atoms with Gasteiger partial charge in [-0.2, -0.15) is 0 Å². The Hall–Kier alpha value is -3.33. The molecule has 0 spiro atoms. The van der Waals surface area contributed by atoms with Crippen LogP contribution >= 0.6 is 0 Å². The lowest BCUT2D eigenvalue weighted by Crippen LogP contribution is -2.44. The number of nitroso groups, excluding NO2 is 1. The van der Waals surface area contributed by atoms with E-state index in [0.717, 1.165) is 11.3 Å². The molecule has 0 radical (unpaired) electrons. The van der Waals surface area contributed by atoms with E-state index in [1.165, 1.54) is 17.1 Å². The van der Waals surface area contributed by atoms with Gasteiger partial charge in [-0.15, -0.1) is 4.91 Å². The average molecular weight is 415 g/mol. The third kappa shape index (κ3) is 4.62. The molecule has 0 saturated carbocycles. The van der Waals surface area contributed by atoms with Crippen LogP contribution in [0.25, 0.3) is 0 Å². The number of carbonyl (C=O) groups excluding carboxylic acids is 1. The van der Waals surface area contributed by atoms with Crippen LogP contribution < -0.4 is 14.8 Å². The Kier molecular flexibility index (Phi) is 6.12. The SMILES string of the molecule is COc1ccc(CC(C)(C)N(C[C@H](O)c2cc(O)cc3c2OCC(=O)N3)N=O)cc1. The normalized spacial score (nSPS) is 14.2. The van der Waals surface area contributed by atoms with E-state index in [1.54, 1.807) is 7.11 Å². The Balaban J connectivity index is 1.79. The molecule has 1 amide bonds. The summed E-state index contributed by atoms with van der Waals surface area (Å²) >= 11 is 0. The van der Waals surface area contributed by atoms with Crippen molar-refractivity contribution in [1.82, 2.24) is 5.01 Å². The second-order valence-corrected chi connectivity index (χ2v) is 7.77. The molecule has 0 saturated heterocycles. The number of aliphatic hydroxyl groups excluding tert-OH is 1. The van der Waals surface area contributed by atoms with Crippen molar-refractivity contribution in [2.75, 3.05) is 25.6 Å². The van der Waals surface area contributed by atoms with Crippen molar-refractivity contribution >= 4 is 11.6 Å². The molecule has 160 valence electrons. The minimum atomic E-state index is -1.19. The molecular formula is C21H25N3O6. The Morgan fingerprint density at radius 1 is 1.30 bits per heavy atom. The summed E-state index contributed by atoms with van der Waals surface area (Å²) in [5.74, 6) is 0.499. The van der Waals surface area contributed by atoms with Gasteiger partial charge in [-0.25, -0.2) is 0 Å². The lowest BCUT2D eigenvalue weighted by Gasteiger charge is -2.35. The summed E-state index contributed by atoms with van der Waals surface area (Å²) in [6, 6.07) is 10.2. The molecule has 3 rings (SSSR count). The number of fused-ring (bicyclic) bond motifs is 1. The van der Waals surface area contributed by atoms with Crippen LogP contribution in [0.3, 0.4) is 0 Å². The third-order valence-electron chi connectivity index (χ3n) is 5.02. The number of ether oxygens (including phenoxy) is 2. The van der Waals surface area contributed by atoms with Crippen LogP contribution in [0.2, 0.25) is 0 Å². The van der Waals surface area contributed by atoms with E-state index < -0.39 is 11.6 Å². The molecule has 0 aromatic heterocycles. The number of benzene rings is 2. The topological polar surface area (TPSA) is 121 Å². The predicted octanol–water partition coefficient (Wildman–Crippen LogP) is 2.77. The Bertz CT molecular complexity index is 929. The number of β-amino-alcohol motifs (C(OH)–C–C–N with tert-alkyl or cyclic N) is 1. The van der Waals surface area contributed by atoms with Gasteiger partial charge in [-0.05, 0) is 44.0 Å². The molecule has 2 aromatic rings. The number of phenols is 1. The van der Waals surface area contributed by atoms with Crippen LogP contribution in [-0.2, 0) is 11.2 Å². The van der Waals surface area contributed by atoms with Gasteiger partial charge >= 0.3 is 0 Å². The van der Waals surface area contributed by atoms with Gasteiger partial charge in [-0.3, -0.25) is 9.80 Å². The number of carbonyl (C=O) groups is 1. The molecule has 9 heteroatoms. The van der Waals surface area contributed by atoms with Crippen LogP contribution in [0.5, 0.6) is 17.2 Å². The van der Waals surface area contributed by atoms with Gasteiger partial charge in [-0.1, -0.05) is 12.1 Å². The molecule has 0 unspecified atom stereocenters. The number of aromatic hydroxyl groups is 1. The van der Waals surface area contributed by atoms with E-state index in [9.17, 15) is 19.9 Å². The molecule has 2 aromatic carbocycles. The zero-order valence-corrected chi connectivity index (χ0v) is 17.1. The largest absolute Gasteiger partial charge is 0.508 e. The van der Waals surface area contributed by atoms with Crippen molar-refractivity contribution in [3.05, 3.63) is 52.4 Å². The molecule has 30 heavy (non-hydrogen) atoms. The number of nitrogens with zero attached hydrogens (tertiary/aromatic N) is 2. The highest BCUT2D eigenvalue weighted by atomic mass is 16.5. The summed E-state index contributed by atoms with van der Waals surface area (Å²) in [6.07, 6.45) is -0.686. The Morgan fingerprint density at radius 3 is 2.63 bits per heavy atom. The minimum absolute atomic E-state index is 0.125. The molecule has 0 aliphatic carbocycles. The van der Waals surface area contributed by atoms with Crippen molar-refractivity contribution in [3.63, 3.8) is 0 Å². The lowest BCUT2D eigenvalue weighted by molar-refractivity contribution is -0.118. The lowest BCUT2D eigenvalue weighted by atomic mass is 9.93. The van der Waals surface area contributed by atoms with E-state index >= 15 is 0 Å². The maximum Gasteiger partial charge on any atom is 0.262 e. The van der Waals surface area contributed by atoms with Crippen LogP contribution in [0.1, 0.15) is 31.1 Å². The molecule has 1 aliphatic rings. The van der Waals surface area contributed by atoms with Crippen molar-refractivity contribution in [2.45, 2.75) is 31.9 Å². The standard InChI is InChI=1S/C21H25N3O6/c1-21(2,10-13-4-6-15(29-3)7-5-13)24(23-28)11-18(26)16-8-14(25)9-17-20(16)30-12-19(27)22-17/h4-9,18,25-26H,10-12H2,1-3H3,(H,22,27)/t18-/m0/s1. The summed E-state index contributed by atoms with van der Waals surface area (Å²) in [6.45, 7) is 3.37. The monoisotopic (exact) mass is 415 g/mol. The van der Waals surface area contributed by atoms with Crippen LogP contribution in [0.4, 0.5) is 5.69 Å². The highest BCUT2D eigenvalue weighted by molar-refractivity contribution is 5.96. The fourth-order valence-corrected chi connectivity index (χ4v) is 3.45. The van der Waals surface area contributed by atoms with Crippen molar-refractivity contribution < 1.29 is 24.5 Å². The van der Waals surface area contributed by atoms with Crippen LogP contribution in [-0.4, -0.2) is 46.9 Å². The fourth-order valence-electron chi connectivity index (χ4n) is 3.45. The summed E-state index contributed by atoms with van der Waals surface area (Å²) in [7, 11) is 1.59. The van der Waals surface area contributed by atoms with Gasteiger partial charge < -0.3 is 25.0 Å². The first kappa shape index (κ1) is 21.4. The predicted molar refractivity (Wildman–Crippen MR) is 110 cm³/mol. The highest BCUT2D eigenvalue weighted by Crippen LogP contribution is 2.39. The van der Waals surface area contributed by atoms with Crippen LogP contribution in [0, 0.1) is 4.91 Å². The molecular weight excluding hydrogens is 390 g/mol. The maximum absolute atomic E-state index is 11.6. The smallest absolute Gasteiger partial charge is 0.262 e. The zero-order chi connectivity index (χ0) is 21.9. The minimum Gasteiger partial charge on any atom is -0.508 e. The average Bonchev–Trinajstić information content (AvgIpc) is 2.71. The first-order chi connectivity index (χ1) is 14.2. The number of anilines is 1. The van der Waals surface area contributed by atoms with Crippen molar-refractivity contribution in [2.24, 2.45) is 5.29 Å². The molecule has 1 atom stereocenters. The summed E-state index contributed by atoms with van der Waals surface area (Å²) < 4.78 is 10.6. The fraction of sp³-hybridized carbons (Fsp3) is 0.381. The highest BCUT2D eigenvalue weighted by Gasteiger charge is 2.32. The van der Waals surface area contributed by atoms with E-state index in [-0.39, 0.29) is 41.8 Å². The third-order valence-corrected chi connectivity index (χ3v) is 5.02. The Morgan fingerprint density at radius 2 is 2.00 bits per heavy atom. The second kappa shape index (κ2) is 8.58. The number of aliphatic hydroxyl groups is 1. The molecule has 3 N–H and O–H groups in total. The van der Waals surface area contributed by atoms with Crippen molar-refractivity contribution in [1.29, 1.82) is 0 Å². The van der Waals surface area contributed by atoms with E-state index in [4.69, 9.17) is 9.47 Å². The van der Waals surface area contributed by atoms with E-state index in [1.807, 2.05) is 38.1 Å². The van der Waals surface area contributed by atoms with Crippen molar-refractivity contribution in [3.8, 4) is 17.2 Å². The first-order valence-electron chi connectivity index (χ1n) is 9.45. The van der Waals surface area contributed by atoms with E-state index in [0.29, 0.717) is 6.42 Å². The van der Waals surface area contributed by atoms with Crippen LogP contribution in [0.15, 0.2) is 41.7 Å². The zero-order valence-electron chi connectivity index (χ0n) is 17.1. The number of methoxy groups -OCH3 is 1. The summed E-state index contributed by atoms with van der Waals surface area (Å²) in [5.41, 5.74) is 0.801. The summed E-state index contributed by atoms with van der Waals surface area (Å²) in [5, 5.41) is 27.8. The molecule has 9 nitrogen and oxygen atoms in total. The molecule has 1 heterocycles. The summed E-state index contributed by atoms with van der Waals surface area (Å²) in [4.78, 5) is 23.2. The number of hydrogen-bond donors (Lipinski definition) is 3.